The molecule has 17 heavy (non-hydrogen) atoms. The summed E-state index contributed by atoms with van der Waals surface area (Å²) in [6.45, 7) is 7.46. The van der Waals surface area contributed by atoms with Crippen LogP contribution in [0.1, 0.15) is 20.8 Å². The fourth-order valence-electron chi connectivity index (χ4n) is 1.77. The number of benzene rings is 1. The Bertz CT molecular complexity index is 348. The molecule has 1 aromatic rings. The molecular weight excluding hydrogens is 214 g/mol. The maximum Gasteiger partial charge on any atom is 0.308 e. The Morgan fingerprint density at radius 3 is 2.24 bits per heavy atom. The van der Waals surface area contributed by atoms with Gasteiger partial charge in [0.25, 0.3) is 0 Å². The van der Waals surface area contributed by atoms with Gasteiger partial charge in [0.05, 0.1) is 5.92 Å². The smallest absolute Gasteiger partial charge is 0.308 e. The van der Waals surface area contributed by atoms with Crippen molar-refractivity contribution in [1.29, 1.82) is 0 Å². The highest BCUT2D eigenvalue weighted by Gasteiger charge is 2.17. The molecule has 0 saturated heterocycles. The van der Waals surface area contributed by atoms with E-state index in [-0.39, 0.29) is 5.92 Å². The fraction of sp³-hybridized carbons (Fsp3) is 0.500. The van der Waals surface area contributed by atoms with Crippen molar-refractivity contribution >= 4 is 11.7 Å². The van der Waals surface area contributed by atoms with Gasteiger partial charge in [-0.1, -0.05) is 39.0 Å². The molecule has 0 radical (unpaired) electrons. The van der Waals surface area contributed by atoms with Crippen molar-refractivity contribution in [1.82, 2.24) is 0 Å². The van der Waals surface area contributed by atoms with Crippen LogP contribution < -0.4 is 4.90 Å². The zero-order valence-electron chi connectivity index (χ0n) is 10.8. The van der Waals surface area contributed by atoms with Crippen LogP contribution in [-0.4, -0.2) is 24.2 Å². The van der Waals surface area contributed by atoms with Crippen molar-refractivity contribution in [2.75, 3.05) is 18.0 Å². The van der Waals surface area contributed by atoms with Crippen LogP contribution in [0.5, 0.6) is 0 Å². The summed E-state index contributed by atoms with van der Waals surface area (Å²) in [4.78, 5) is 13.1. The molecule has 94 valence electrons. The first kappa shape index (κ1) is 13.6. The molecule has 0 aliphatic heterocycles. The average molecular weight is 235 g/mol. The van der Waals surface area contributed by atoms with Crippen molar-refractivity contribution in [3.05, 3.63) is 30.3 Å². The van der Waals surface area contributed by atoms with Gasteiger partial charge in [-0.3, -0.25) is 4.79 Å². The summed E-state index contributed by atoms with van der Waals surface area (Å²) in [5.41, 5.74) is 1.09. The maximum atomic E-state index is 10.9. The fourth-order valence-corrected chi connectivity index (χ4v) is 1.77. The van der Waals surface area contributed by atoms with Crippen LogP contribution in [0.25, 0.3) is 0 Å². The molecule has 3 heteroatoms. The van der Waals surface area contributed by atoms with Crippen molar-refractivity contribution in [2.24, 2.45) is 11.8 Å². The third-order valence-corrected chi connectivity index (χ3v) is 2.62. The Morgan fingerprint density at radius 2 is 1.76 bits per heavy atom. The minimum absolute atomic E-state index is 0.353. The van der Waals surface area contributed by atoms with E-state index < -0.39 is 5.97 Å². The second kappa shape index (κ2) is 6.28. The standard InChI is InChI=1S/C14H21NO2/c1-11(2)9-15(10-12(3)14(16)17)13-7-5-4-6-8-13/h4-8,11-12H,9-10H2,1-3H3,(H,16,17). The van der Waals surface area contributed by atoms with E-state index >= 15 is 0 Å². The first-order valence-electron chi connectivity index (χ1n) is 6.03. The van der Waals surface area contributed by atoms with Crippen molar-refractivity contribution in [2.45, 2.75) is 20.8 Å². The molecule has 3 nitrogen and oxygen atoms in total. The van der Waals surface area contributed by atoms with Gasteiger partial charge in [0.1, 0.15) is 0 Å². The van der Waals surface area contributed by atoms with E-state index in [1.165, 1.54) is 0 Å². The molecular formula is C14H21NO2. The van der Waals surface area contributed by atoms with Crippen molar-refractivity contribution < 1.29 is 9.90 Å². The summed E-state index contributed by atoms with van der Waals surface area (Å²) >= 11 is 0. The molecule has 0 bridgehead atoms. The second-order valence-electron chi connectivity index (χ2n) is 4.87. The molecule has 0 fully saturated rings. The lowest BCUT2D eigenvalue weighted by atomic mass is 10.1. The molecule has 0 heterocycles. The quantitative estimate of drug-likeness (QED) is 0.824. The number of nitrogens with zero attached hydrogens (tertiary/aromatic N) is 1. The Labute approximate surface area is 103 Å². The average Bonchev–Trinajstić information content (AvgIpc) is 2.28. The number of para-hydroxylation sites is 1. The normalized spacial score (nSPS) is 12.5. The van der Waals surface area contributed by atoms with E-state index in [1.54, 1.807) is 6.92 Å². The predicted molar refractivity (Wildman–Crippen MR) is 70.3 cm³/mol. The molecule has 0 aliphatic carbocycles. The molecule has 0 amide bonds. The molecule has 1 atom stereocenters. The van der Waals surface area contributed by atoms with E-state index in [4.69, 9.17) is 5.11 Å². The molecule has 0 saturated carbocycles. The highest BCUT2D eigenvalue weighted by atomic mass is 16.4. The zero-order chi connectivity index (χ0) is 12.8. The van der Waals surface area contributed by atoms with Crippen LogP contribution in [0.3, 0.4) is 0 Å². The molecule has 1 rings (SSSR count). The Morgan fingerprint density at radius 1 is 1.18 bits per heavy atom. The van der Waals surface area contributed by atoms with E-state index in [9.17, 15) is 4.79 Å². The minimum Gasteiger partial charge on any atom is -0.481 e. The van der Waals surface area contributed by atoms with E-state index in [2.05, 4.69) is 18.7 Å². The summed E-state index contributed by atoms with van der Waals surface area (Å²) in [6, 6.07) is 9.98. The van der Waals surface area contributed by atoms with Gasteiger partial charge >= 0.3 is 5.97 Å². The number of rotatable bonds is 6. The topological polar surface area (TPSA) is 40.5 Å². The summed E-state index contributed by atoms with van der Waals surface area (Å²) in [5, 5.41) is 8.99. The molecule has 1 unspecified atom stereocenters. The molecule has 0 spiro atoms. The van der Waals surface area contributed by atoms with Gasteiger partial charge in [-0.25, -0.2) is 0 Å². The van der Waals surface area contributed by atoms with Crippen LogP contribution >= 0.6 is 0 Å². The monoisotopic (exact) mass is 235 g/mol. The first-order chi connectivity index (χ1) is 8.00. The Kier molecular flexibility index (Phi) is 5.01. The van der Waals surface area contributed by atoms with Gasteiger partial charge in [0.15, 0.2) is 0 Å². The first-order valence-corrected chi connectivity index (χ1v) is 6.03. The predicted octanol–water partition coefficient (Wildman–Crippen LogP) is 2.87. The molecule has 1 N–H and O–H groups in total. The number of carboxylic acid groups (broad SMARTS) is 1. The molecule has 0 aliphatic rings. The van der Waals surface area contributed by atoms with Gasteiger partial charge in [-0.15, -0.1) is 0 Å². The number of carbonyl (C=O) groups is 1. The largest absolute Gasteiger partial charge is 0.481 e. The number of aliphatic carboxylic acids is 1. The van der Waals surface area contributed by atoms with Gasteiger partial charge in [-0.05, 0) is 18.1 Å². The summed E-state index contributed by atoms with van der Waals surface area (Å²) in [7, 11) is 0. The number of hydrogen-bond acceptors (Lipinski definition) is 2. The van der Waals surface area contributed by atoms with Gasteiger partial charge < -0.3 is 10.0 Å². The van der Waals surface area contributed by atoms with Crippen LogP contribution in [0.2, 0.25) is 0 Å². The number of anilines is 1. The lowest BCUT2D eigenvalue weighted by Crippen LogP contribution is -2.34. The van der Waals surface area contributed by atoms with Crippen LogP contribution in [0.15, 0.2) is 30.3 Å². The summed E-state index contributed by atoms with van der Waals surface area (Å²) in [6.07, 6.45) is 0. The lowest BCUT2D eigenvalue weighted by Gasteiger charge is -2.28. The molecule has 1 aromatic carbocycles. The lowest BCUT2D eigenvalue weighted by molar-refractivity contribution is -0.140. The molecule has 0 aromatic heterocycles. The third-order valence-electron chi connectivity index (χ3n) is 2.62. The maximum absolute atomic E-state index is 10.9. The van der Waals surface area contributed by atoms with Gasteiger partial charge in [-0.2, -0.15) is 0 Å². The highest BCUT2D eigenvalue weighted by Crippen LogP contribution is 2.17. The highest BCUT2D eigenvalue weighted by molar-refractivity contribution is 5.70. The minimum atomic E-state index is -0.741. The number of hydrogen-bond donors (Lipinski definition) is 1. The van der Waals surface area contributed by atoms with E-state index in [0.717, 1.165) is 12.2 Å². The van der Waals surface area contributed by atoms with Crippen LogP contribution in [0, 0.1) is 11.8 Å². The van der Waals surface area contributed by atoms with E-state index in [1.807, 2.05) is 30.3 Å². The number of carboxylic acids is 1. The van der Waals surface area contributed by atoms with Crippen LogP contribution in [0.4, 0.5) is 5.69 Å². The van der Waals surface area contributed by atoms with E-state index in [0.29, 0.717) is 12.5 Å². The summed E-state index contributed by atoms with van der Waals surface area (Å²) in [5.74, 6) is -0.583. The van der Waals surface area contributed by atoms with Crippen LogP contribution in [-0.2, 0) is 4.79 Å². The second-order valence-corrected chi connectivity index (χ2v) is 4.87. The Hall–Kier alpha value is -1.51. The zero-order valence-corrected chi connectivity index (χ0v) is 10.8. The van der Waals surface area contributed by atoms with Gasteiger partial charge in [0, 0.05) is 18.8 Å². The Balaban J connectivity index is 2.77. The SMILES string of the molecule is CC(C)CN(CC(C)C(=O)O)c1ccccc1. The third kappa shape index (κ3) is 4.47. The van der Waals surface area contributed by atoms with Gasteiger partial charge in [0.2, 0.25) is 0 Å². The van der Waals surface area contributed by atoms with Crippen molar-refractivity contribution in [3.8, 4) is 0 Å². The van der Waals surface area contributed by atoms with Crippen molar-refractivity contribution in [3.63, 3.8) is 0 Å². The summed E-state index contributed by atoms with van der Waals surface area (Å²) < 4.78 is 0.